The van der Waals surface area contributed by atoms with Crippen molar-refractivity contribution in [1.82, 2.24) is 19.3 Å². The summed E-state index contributed by atoms with van der Waals surface area (Å²) in [6, 6.07) is 10.9. The van der Waals surface area contributed by atoms with Crippen molar-refractivity contribution in [3.05, 3.63) is 52.9 Å². The highest BCUT2D eigenvalue weighted by Crippen LogP contribution is 2.23. The molecule has 0 saturated carbocycles. The summed E-state index contributed by atoms with van der Waals surface area (Å²) in [6.45, 7) is 0.295. The van der Waals surface area contributed by atoms with Crippen LogP contribution in [0.15, 0.2) is 51.4 Å². The molecule has 0 bridgehead atoms. The Morgan fingerprint density at radius 3 is 2.70 bits per heavy atom. The van der Waals surface area contributed by atoms with Crippen molar-refractivity contribution in [1.29, 1.82) is 0 Å². The van der Waals surface area contributed by atoms with Crippen LogP contribution in [-0.4, -0.2) is 36.7 Å². The van der Waals surface area contributed by atoms with Gasteiger partial charge in [-0.2, -0.15) is 4.98 Å². The number of benzene rings is 1. The van der Waals surface area contributed by atoms with E-state index >= 15 is 0 Å². The Morgan fingerprint density at radius 1 is 1.19 bits per heavy atom. The van der Waals surface area contributed by atoms with Crippen LogP contribution in [-0.2, 0) is 16.4 Å². The van der Waals surface area contributed by atoms with E-state index in [1.807, 2.05) is 29.6 Å². The van der Waals surface area contributed by atoms with E-state index in [0.717, 1.165) is 22.0 Å². The number of rotatable bonds is 7. The van der Waals surface area contributed by atoms with Crippen molar-refractivity contribution in [2.45, 2.75) is 10.6 Å². The second-order valence-electron chi connectivity index (χ2n) is 5.67. The first-order chi connectivity index (χ1) is 13.1. The molecule has 0 aliphatic carbocycles. The largest absolute Gasteiger partial charge is 0.497 e. The van der Waals surface area contributed by atoms with Gasteiger partial charge in [0.2, 0.25) is 15.0 Å². The molecule has 0 aliphatic rings. The number of ether oxygens (including phenoxy) is 1. The molecule has 1 N–H and O–H groups in total. The minimum Gasteiger partial charge on any atom is -0.497 e. The number of fused-ring (bicyclic) bond motifs is 1. The van der Waals surface area contributed by atoms with Crippen LogP contribution in [0.3, 0.4) is 0 Å². The SMILES string of the molecule is COc1ccc(-c2nc3scc(CCNS(=O)(=O)c4cccs4)n3n2)cc1. The zero-order valence-electron chi connectivity index (χ0n) is 14.3. The smallest absolute Gasteiger partial charge is 0.250 e. The number of nitrogens with zero attached hydrogens (tertiary/aromatic N) is 3. The van der Waals surface area contributed by atoms with Gasteiger partial charge in [-0.15, -0.1) is 27.8 Å². The van der Waals surface area contributed by atoms with Crippen LogP contribution in [0.4, 0.5) is 0 Å². The number of thiophene rings is 1. The lowest BCUT2D eigenvalue weighted by atomic mass is 10.2. The zero-order valence-corrected chi connectivity index (χ0v) is 16.8. The van der Waals surface area contributed by atoms with Crippen LogP contribution in [0.5, 0.6) is 5.75 Å². The minimum absolute atomic E-state index is 0.295. The van der Waals surface area contributed by atoms with Gasteiger partial charge in [-0.3, -0.25) is 0 Å². The quantitative estimate of drug-likeness (QED) is 0.497. The lowest BCUT2D eigenvalue weighted by Crippen LogP contribution is -2.25. The van der Waals surface area contributed by atoms with Gasteiger partial charge in [-0.1, -0.05) is 6.07 Å². The van der Waals surface area contributed by atoms with E-state index in [-0.39, 0.29) is 0 Å². The van der Waals surface area contributed by atoms with Gasteiger partial charge in [0.1, 0.15) is 9.96 Å². The Morgan fingerprint density at radius 2 is 2.00 bits per heavy atom. The van der Waals surface area contributed by atoms with Crippen molar-refractivity contribution in [3.8, 4) is 17.1 Å². The highest BCUT2D eigenvalue weighted by Gasteiger charge is 2.16. The van der Waals surface area contributed by atoms with Gasteiger partial charge in [0, 0.05) is 23.9 Å². The number of sulfonamides is 1. The molecule has 0 aliphatic heterocycles. The maximum atomic E-state index is 12.2. The highest BCUT2D eigenvalue weighted by molar-refractivity contribution is 7.91. The number of aromatic nitrogens is 3. The number of hydrogen-bond donors (Lipinski definition) is 1. The zero-order chi connectivity index (χ0) is 18.9. The molecule has 0 atom stereocenters. The fourth-order valence-electron chi connectivity index (χ4n) is 2.56. The van der Waals surface area contributed by atoms with Crippen molar-refractivity contribution < 1.29 is 13.2 Å². The fraction of sp³-hybridized carbons (Fsp3) is 0.176. The Labute approximate surface area is 164 Å². The molecule has 7 nitrogen and oxygen atoms in total. The fourth-order valence-corrected chi connectivity index (χ4v) is 5.49. The van der Waals surface area contributed by atoms with Gasteiger partial charge in [-0.25, -0.2) is 17.7 Å². The Hall–Kier alpha value is -2.27. The molecule has 10 heteroatoms. The number of hydrogen-bond acceptors (Lipinski definition) is 7. The van der Waals surface area contributed by atoms with E-state index in [4.69, 9.17) is 4.74 Å². The van der Waals surface area contributed by atoms with Crippen LogP contribution in [0.1, 0.15) is 5.69 Å². The van der Waals surface area contributed by atoms with Crippen molar-refractivity contribution in [2.24, 2.45) is 0 Å². The Balaban J connectivity index is 1.49. The average molecular weight is 421 g/mol. The molecule has 0 unspecified atom stereocenters. The summed E-state index contributed by atoms with van der Waals surface area (Å²) in [6.07, 6.45) is 0.524. The summed E-state index contributed by atoms with van der Waals surface area (Å²) in [5.41, 5.74) is 1.81. The van der Waals surface area contributed by atoms with Gasteiger partial charge >= 0.3 is 0 Å². The molecular formula is C17H16N4O3S3. The van der Waals surface area contributed by atoms with E-state index in [1.165, 1.54) is 22.7 Å². The third-order valence-electron chi connectivity index (χ3n) is 3.93. The molecule has 3 heterocycles. The maximum absolute atomic E-state index is 12.2. The number of nitrogens with one attached hydrogen (secondary N) is 1. The van der Waals surface area contributed by atoms with E-state index in [9.17, 15) is 8.42 Å². The molecule has 0 spiro atoms. The minimum atomic E-state index is -3.45. The molecular weight excluding hydrogens is 404 g/mol. The molecule has 0 radical (unpaired) electrons. The van der Waals surface area contributed by atoms with Crippen LogP contribution in [0, 0.1) is 0 Å². The first-order valence-electron chi connectivity index (χ1n) is 8.07. The average Bonchev–Trinajstić information content (AvgIpc) is 3.40. The molecule has 4 aromatic rings. The first kappa shape index (κ1) is 18.1. The molecule has 27 heavy (non-hydrogen) atoms. The van der Waals surface area contributed by atoms with E-state index in [0.29, 0.717) is 23.0 Å². The van der Waals surface area contributed by atoms with Crippen LogP contribution >= 0.6 is 22.7 Å². The van der Waals surface area contributed by atoms with Crippen LogP contribution < -0.4 is 9.46 Å². The van der Waals surface area contributed by atoms with Gasteiger partial charge < -0.3 is 4.74 Å². The third kappa shape index (κ3) is 3.74. The van der Waals surface area contributed by atoms with Gasteiger partial charge in [0.15, 0.2) is 5.82 Å². The summed E-state index contributed by atoms with van der Waals surface area (Å²) in [4.78, 5) is 5.32. The van der Waals surface area contributed by atoms with Crippen LogP contribution in [0.2, 0.25) is 0 Å². The van der Waals surface area contributed by atoms with Crippen molar-refractivity contribution in [3.63, 3.8) is 0 Å². The highest BCUT2D eigenvalue weighted by atomic mass is 32.2. The first-order valence-corrected chi connectivity index (χ1v) is 11.3. The van der Waals surface area contributed by atoms with E-state index in [2.05, 4.69) is 14.8 Å². The summed E-state index contributed by atoms with van der Waals surface area (Å²) in [7, 11) is -1.83. The van der Waals surface area contributed by atoms with Crippen LogP contribution in [0.25, 0.3) is 16.3 Å². The number of thiazole rings is 1. The summed E-state index contributed by atoms with van der Waals surface area (Å²) in [5, 5.41) is 8.26. The second kappa shape index (κ2) is 7.39. The van der Waals surface area contributed by atoms with Crippen molar-refractivity contribution >= 4 is 37.7 Å². The number of methoxy groups -OCH3 is 1. The predicted octanol–water partition coefficient (Wildman–Crippen LogP) is 3.05. The predicted molar refractivity (Wildman–Crippen MR) is 106 cm³/mol. The summed E-state index contributed by atoms with van der Waals surface area (Å²) >= 11 is 2.68. The van der Waals surface area contributed by atoms with Gasteiger partial charge in [0.25, 0.3) is 0 Å². The maximum Gasteiger partial charge on any atom is 0.250 e. The molecule has 0 saturated heterocycles. The van der Waals surface area contributed by atoms with Gasteiger partial charge in [-0.05, 0) is 35.7 Å². The Bertz CT molecular complexity index is 1150. The molecule has 3 aromatic heterocycles. The molecule has 0 amide bonds. The molecule has 1 aromatic carbocycles. The Kier molecular flexibility index (Phi) is 4.96. The monoisotopic (exact) mass is 420 g/mol. The summed E-state index contributed by atoms with van der Waals surface area (Å²) in [5.74, 6) is 1.41. The van der Waals surface area contributed by atoms with Gasteiger partial charge in [0.05, 0.1) is 12.8 Å². The van der Waals surface area contributed by atoms with Crippen molar-refractivity contribution in [2.75, 3.05) is 13.7 Å². The van der Waals surface area contributed by atoms with E-state index in [1.54, 1.807) is 29.1 Å². The standard InChI is InChI=1S/C17H16N4O3S3/c1-24-14-6-4-12(5-7-14)16-19-17-21(20-16)13(11-26-17)8-9-18-27(22,23)15-3-2-10-25-15/h2-7,10-11,18H,8-9H2,1H3. The molecule has 0 fully saturated rings. The second-order valence-corrected chi connectivity index (χ2v) is 9.44. The lowest BCUT2D eigenvalue weighted by molar-refractivity contribution is 0.415. The third-order valence-corrected chi connectivity index (χ3v) is 7.65. The topological polar surface area (TPSA) is 85.6 Å². The summed E-state index contributed by atoms with van der Waals surface area (Å²) < 4.78 is 34.2. The lowest BCUT2D eigenvalue weighted by Gasteiger charge is -2.04. The molecule has 4 rings (SSSR count). The van der Waals surface area contributed by atoms with E-state index < -0.39 is 10.0 Å². The molecule has 140 valence electrons. The normalized spacial score (nSPS) is 11.9.